The highest BCUT2D eigenvalue weighted by molar-refractivity contribution is 5.92. The zero-order chi connectivity index (χ0) is 12.3. The molecular formula is C10H7F2NO3. The van der Waals surface area contributed by atoms with Gasteiger partial charge in [0.25, 0.3) is 0 Å². The second-order valence-corrected chi connectivity index (χ2v) is 2.97. The lowest BCUT2D eigenvalue weighted by Crippen LogP contribution is -2.09. The largest absolute Gasteiger partial charge is 0.478 e. The van der Waals surface area contributed by atoms with Gasteiger partial charge in [-0.25, -0.2) is 4.79 Å². The summed E-state index contributed by atoms with van der Waals surface area (Å²) in [5.74, 6) is -1.84. The van der Waals surface area contributed by atoms with E-state index in [9.17, 15) is 13.6 Å². The number of carboxylic acids is 1. The molecule has 0 aliphatic heterocycles. The fourth-order valence-electron chi connectivity index (χ4n) is 1.24. The van der Waals surface area contributed by atoms with E-state index in [2.05, 4.69) is 4.74 Å². The van der Waals surface area contributed by atoms with Gasteiger partial charge in [0.05, 0.1) is 11.6 Å². The van der Waals surface area contributed by atoms with Gasteiger partial charge in [0.15, 0.2) is 0 Å². The number of hydrogen-bond donors (Lipinski definition) is 1. The third-order valence-corrected chi connectivity index (χ3v) is 1.84. The Morgan fingerprint density at radius 3 is 2.62 bits per heavy atom. The van der Waals surface area contributed by atoms with Crippen LogP contribution in [0.2, 0.25) is 0 Å². The van der Waals surface area contributed by atoms with Crippen molar-refractivity contribution in [1.82, 2.24) is 0 Å². The topological polar surface area (TPSA) is 70.3 Å². The maximum Gasteiger partial charge on any atom is 0.387 e. The molecule has 1 aromatic carbocycles. The summed E-state index contributed by atoms with van der Waals surface area (Å²) in [5.41, 5.74) is -0.190. The Bertz CT molecular complexity index is 466. The lowest BCUT2D eigenvalue weighted by molar-refractivity contribution is -0.0507. The molecule has 4 nitrogen and oxygen atoms in total. The highest BCUT2D eigenvalue weighted by Gasteiger charge is 2.18. The molecule has 0 fully saturated rings. The van der Waals surface area contributed by atoms with E-state index >= 15 is 0 Å². The molecule has 0 saturated carbocycles. The van der Waals surface area contributed by atoms with Crippen LogP contribution in [-0.2, 0) is 0 Å². The molecule has 0 spiro atoms. The molecule has 0 bridgehead atoms. The van der Waals surface area contributed by atoms with Crippen molar-refractivity contribution in [3.8, 4) is 11.8 Å². The number of ether oxygens (including phenoxy) is 1. The zero-order valence-electron chi connectivity index (χ0n) is 8.20. The van der Waals surface area contributed by atoms with Crippen molar-refractivity contribution in [3.63, 3.8) is 0 Å². The fourth-order valence-corrected chi connectivity index (χ4v) is 1.24. The Morgan fingerprint density at radius 1 is 1.56 bits per heavy atom. The predicted octanol–water partition coefficient (Wildman–Crippen LogP) is 2.17. The first-order chi connectivity index (χ1) is 7.45. The van der Waals surface area contributed by atoms with Gasteiger partial charge in [0, 0.05) is 0 Å². The molecule has 84 valence electrons. The molecule has 1 N–H and O–H groups in total. The van der Waals surface area contributed by atoms with Gasteiger partial charge in [-0.15, -0.1) is 0 Å². The number of benzene rings is 1. The molecule has 6 heteroatoms. The Morgan fingerprint density at radius 2 is 2.19 bits per heavy atom. The lowest BCUT2D eigenvalue weighted by atomic mass is 10.1. The summed E-state index contributed by atoms with van der Waals surface area (Å²) in [6, 6.07) is 4.01. The summed E-state index contributed by atoms with van der Waals surface area (Å²) in [4.78, 5) is 10.8. The Hall–Kier alpha value is -2.16. The minimum absolute atomic E-state index is 0.0801. The van der Waals surface area contributed by atoms with Crippen LogP contribution in [0.3, 0.4) is 0 Å². The van der Waals surface area contributed by atoms with Crippen LogP contribution in [0.1, 0.15) is 21.5 Å². The quantitative estimate of drug-likeness (QED) is 0.858. The molecule has 0 unspecified atom stereocenters. The molecule has 0 amide bonds. The van der Waals surface area contributed by atoms with Crippen molar-refractivity contribution in [1.29, 1.82) is 5.26 Å². The second kappa shape index (κ2) is 4.57. The van der Waals surface area contributed by atoms with Gasteiger partial charge < -0.3 is 9.84 Å². The number of halogens is 2. The molecule has 0 aliphatic rings. The van der Waals surface area contributed by atoms with E-state index in [1.807, 2.05) is 0 Å². The third-order valence-electron chi connectivity index (χ3n) is 1.84. The minimum atomic E-state index is -3.11. The van der Waals surface area contributed by atoms with Crippen LogP contribution in [-0.4, -0.2) is 17.7 Å². The average molecular weight is 227 g/mol. The van der Waals surface area contributed by atoms with E-state index < -0.39 is 23.9 Å². The Kier molecular flexibility index (Phi) is 3.40. The molecule has 1 rings (SSSR count). The van der Waals surface area contributed by atoms with Crippen LogP contribution >= 0.6 is 0 Å². The standard InChI is InChI=1S/C10H7F2NO3/c1-5-2-6(4-13)3-7(9(14)15)8(5)16-10(11)12/h2-3,10H,1H3,(H,14,15). The molecule has 0 aliphatic carbocycles. The van der Waals surface area contributed by atoms with E-state index in [0.717, 1.165) is 6.07 Å². The van der Waals surface area contributed by atoms with Crippen molar-refractivity contribution < 1.29 is 23.4 Å². The average Bonchev–Trinajstić information content (AvgIpc) is 2.19. The summed E-state index contributed by atoms with van der Waals surface area (Å²) in [6.45, 7) is -1.71. The van der Waals surface area contributed by atoms with Crippen LogP contribution in [0.4, 0.5) is 8.78 Å². The smallest absolute Gasteiger partial charge is 0.387 e. The molecule has 16 heavy (non-hydrogen) atoms. The van der Waals surface area contributed by atoms with Gasteiger partial charge in [0.2, 0.25) is 0 Å². The van der Waals surface area contributed by atoms with Crippen molar-refractivity contribution in [2.24, 2.45) is 0 Å². The van der Waals surface area contributed by atoms with Crippen molar-refractivity contribution >= 4 is 5.97 Å². The molecule has 0 radical (unpaired) electrons. The number of carboxylic acid groups (broad SMARTS) is 1. The number of hydrogen-bond acceptors (Lipinski definition) is 3. The first-order valence-electron chi connectivity index (χ1n) is 4.18. The number of nitrogens with zero attached hydrogens (tertiary/aromatic N) is 1. The zero-order valence-corrected chi connectivity index (χ0v) is 8.20. The SMILES string of the molecule is Cc1cc(C#N)cc(C(=O)O)c1OC(F)F. The highest BCUT2D eigenvalue weighted by Crippen LogP contribution is 2.27. The van der Waals surface area contributed by atoms with Crippen molar-refractivity contribution in [3.05, 3.63) is 28.8 Å². The van der Waals surface area contributed by atoms with Gasteiger partial charge in [-0.1, -0.05) is 0 Å². The molecule has 0 aromatic heterocycles. The highest BCUT2D eigenvalue weighted by atomic mass is 19.3. The van der Waals surface area contributed by atoms with Crippen LogP contribution in [0, 0.1) is 18.3 Å². The maximum atomic E-state index is 12.0. The molecule has 0 saturated heterocycles. The molecule has 0 heterocycles. The van der Waals surface area contributed by atoms with E-state index in [1.54, 1.807) is 6.07 Å². The van der Waals surface area contributed by atoms with E-state index in [4.69, 9.17) is 10.4 Å². The van der Waals surface area contributed by atoms with Gasteiger partial charge in [-0.3, -0.25) is 0 Å². The van der Waals surface area contributed by atoms with E-state index in [0.29, 0.717) is 0 Å². The predicted molar refractivity (Wildman–Crippen MR) is 49.5 cm³/mol. The van der Waals surface area contributed by atoms with Crippen LogP contribution in [0.25, 0.3) is 0 Å². The van der Waals surface area contributed by atoms with Crippen LogP contribution < -0.4 is 4.74 Å². The van der Waals surface area contributed by atoms with Crippen LogP contribution in [0.5, 0.6) is 5.75 Å². The molecular weight excluding hydrogens is 220 g/mol. The lowest BCUT2D eigenvalue weighted by Gasteiger charge is -2.11. The number of rotatable bonds is 3. The number of aryl methyl sites for hydroxylation is 1. The molecule has 0 atom stereocenters. The number of alkyl halides is 2. The van der Waals surface area contributed by atoms with Crippen LogP contribution in [0.15, 0.2) is 12.1 Å². The summed E-state index contributed by atoms with van der Waals surface area (Å²) >= 11 is 0. The third kappa shape index (κ3) is 2.45. The van der Waals surface area contributed by atoms with Gasteiger partial charge in [-0.2, -0.15) is 14.0 Å². The first kappa shape index (κ1) is 11.9. The summed E-state index contributed by atoms with van der Waals surface area (Å²) < 4.78 is 28.2. The summed E-state index contributed by atoms with van der Waals surface area (Å²) in [6.07, 6.45) is 0. The maximum absolute atomic E-state index is 12.0. The minimum Gasteiger partial charge on any atom is -0.478 e. The monoisotopic (exact) mass is 227 g/mol. The second-order valence-electron chi connectivity index (χ2n) is 2.97. The van der Waals surface area contributed by atoms with E-state index in [1.165, 1.54) is 13.0 Å². The fraction of sp³-hybridized carbons (Fsp3) is 0.200. The Labute approximate surface area is 89.7 Å². The number of carbonyl (C=O) groups is 1. The summed E-state index contributed by atoms with van der Waals surface area (Å²) in [5, 5.41) is 17.4. The first-order valence-corrected chi connectivity index (χ1v) is 4.18. The normalized spacial score (nSPS) is 9.94. The number of nitriles is 1. The summed E-state index contributed by atoms with van der Waals surface area (Å²) in [7, 11) is 0. The number of aromatic carboxylic acids is 1. The van der Waals surface area contributed by atoms with Gasteiger partial charge >= 0.3 is 12.6 Å². The van der Waals surface area contributed by atoms with E-state index in [-0.39, 0.29) is 11.1 Å². The van der Waals surface area contributed by atoms with Crippen molar-refractivity contribution in [2.75, 3.05) is 0 Å². The molecule has 1 aromatic rings. The van der Waals surface area contributed by atoms with Crippen molar-refractivity contribution in [2.45, 2.75) is 13.5 Å². The van der Waals surface area contributed by atoms with Gasteiger partial charge in [0.1, 0.15) is 11.3 Å². The van der Waals surface area contributed by atoms with Gasteiger partial charge in [-0.05, 0) is 24.6 Å². The Balaban J connectivity index is 3.35.